The summed E-state index contributed by atoms with van der Waals surface area (Å²) in [6.07, 6.45) is 7.82. The van der Waals surface area contributed by atoms with Gasteiger partial charge in [-0.2, -0.15) is 11.8 Å². The molecule has 1 aliphatic carbocycles. The van der Waals surface area contributed by atoms with E-state index < -0.39 is 27.9 Å². The van der Waals surface area contributed by atoms with Crippen molar-refractivity contribution in [3.63, 3.8) is 0 Å². The van der Waals surface area contributed by atoms with Gasteiger partial charge < -0.3 is 11.8 Å². The van der Waals surface area contributed by atoms with Crippen molar-refractivity contribution in [2.45, 2.75) is 57.2 Å². The van der Waals surface area contributed by atoms with Crippen molar-refractivity contribution in [2.24, 2.45) is 5.92 Å². The molecule has 1 saturated carbocycles. The van der Waals surface area contributed by atoms with E-state index in [0.29, 0.717) is 41.3 Å². The minimum Gasteiger partial charge on any atom is -1.00 e. The molecule has 3 rings (SSSR count). The van der Waals surface area contributed by atoms with Crippen LogP contribution in [0.3, 0.4) is 0 Å². The number of hydrogen-bond acceptors (Lipinski definition) is 5. The van der Waals surface area contributed by atoms with Crippen LogP contribution in [0.1, 0.15) is 61.4 Å². The van der Waals surface area contributed by atoms with Crippen molar-refractivity contribution >= 4 is 33.7 Å². The summed E-state index contributed by atoms with van der Waals surface area (Å²) in [7, 11) is -3.55. The third kappa shape index (κ3) is 9.49. The zero-order chi connectivity index (χ0) is 26.1. The summed E-state index contributed by atoms with van der Waals surface area (Å²) in [5.74, 6) is -0.776. The van der Waals surface area contributed by atoms with E-state index in [0.717, 1.165) is 36.8 Å². The van der Waals surface area contributed by atoms with Gasteiger partial charge in [-0.25, -0.2) is 17.9 Å². The molecule has 1 aliphatic rings. The van der Waals surface area contributed by atoms with Gasteiger partial charge in [0.1, 0.15) is 6.04 Å². The molecule has 2 aromatic rings. The average Bonchev–Trinajstić information content (AvgIpc) is 2.85. The minimum absolute atomic E-state index is 0. The number of nitrogens with one attached hydrogen (secondary N) is 2. The van der Waals surface area contributed by atoms with Crippen LogP contribution in [-0.4, -0.2) is 50.0 Å². The first-order chi connectivity index (χ1) is 17.2. The minimum atomic E-state index is -3.55. The van der Waals surface area contributed by atoms with Gasteiger partial charge in [0, 0.05) is 12.1 Å². The van der Waals surface area contributed by atoms with E-state index in [-0.39, 0.29) is 26.0 Å². The van der Waals surface area contributed by atoms with Gasteiger partial charge in [-0.05, 0) is 78.5 Å². The van der Waals surface area contributed by atoms with E-state index in [2.05, 4.69) is 10.0 Å². The van der Waals surface area contributed by atoms with Gasteiger partial charge in [-0.1, -0.05) is 49.6 Å². The SMILES string of the molecule is CSCC[C@H](NC(=O)c1ccc(CS(=O)(=O)NCC2CCCCC2)cc1-c1ccccc1C)C(=O)O.[H-].[Li+]. The van der Waals surface area contributed by atoms with Crippen molar-refractivity contribution in [3.05, 3.63) is 59.2 Å². The number of carbonyl (C=O) groups is 2. The molecule has 1 fully saturated rings. The van der Waals surface area contributed by atoms with Crippen LogP contribution >= 0.6 is 11.8 Å². The Hall–Kier alpha value is -1.76. The van der Waals surface area contributed by atoms with Crippen molar-refractivity contribution in [3.8, 4) is 11.1 Å². The van der Waals surface area contributed by atoms with Gasteiger partial charge in [-0.15, -0.1) is 0 Å². The smallest absolute Gasteiger partial charge is 1.00 e. The Balaban J connectivity index is 0.00000361. The average molecular weight is 541 g/mol. The molecule has 1 amide bonds. The molecule has 37 heavy (non-hydrogen) atoms. The number of benzene rings is 2. The van der Waals surface area contributed by atoms with Gasteiger partial charge in [0.15, 0.2) is 0 Å². The van der Waals surface area contributed by atoms with Gasteiger partial charge in [-0.3, -0.25) is 4.79 Å². The Labute approximate surface area is 238 Å². The summed E-state index contributed by atoms with van der Waals surface area (Å²) in [5, 5.41) is 12.2. The molecule has 198 valence electrons. The summed E-state index contributed by atoms with van der Waals surface area (Å²) in [6.45, 7) is 2.38. The quantitative estimate of drug-likeness (QED) is 0.354. The first-order valence-electron chi connectivity index (χ1n) is 12.4. The van der Waals surface area contributed by atoms with Gasteiger partial charge in [0.05, 0.1) is 5.75 Å². The molecular weight excluding hydrogens is 503 g/mol. The second kappa shape index (κ2) is 15.0. The van der Waals surface area contributed by atoms with Gasteiger partial charge in [0.2, 0.25) is 10.0 Å². The van der Waals surface area contributed by atoms with Crippen LogP contribution < -0.4 is 28.9 Å². The van der Waals surface area contributed by atoms with Crippen molar-refractivity contribution in [1.82, 2.24) is 10.0 Å². The largest absolute Gasteiger partial charge is 1.00 e. The zero-order valence-electron chi connectivity index (χ0n) is 23.0. The molecule has 1 atom stereocenters. The number of hydrogen-bond donors (Lipinski definition) is 3. The molecule has 0 spiro atoms. The fraction of sp³-hybridized carbons (Fsp3) is 0.481. The van der Waals surface area contributed by atoms with Crippen molar-refractivity contribution in [2.75, 3.05) is 18.6 Å². The van der Waals surface area contributed by atoms with Gasteiger partial charge in [0.25, 0.3) is 5.91 Å². The van der Waals surface area contributed by atoms with Crippen LogP contribution in [0, 0.1) is 12.8 Å². The second-order valence-corrected chi connectivity index (χ2v) is 12.2. The predicted octanol–water partition coefficient (Wildman–Crippen LogP) is 1.71. The number of sulfonamides is 1. The molecule has 0 aliphatic heterocycles. The van der Waals surface area contributed by atoms with E-state index in [4.69, 9.17) is 0 Å². The van der Waals surface area contributed by atoms with Crippen molar-refractivity contribution in [1.29, 1.82) is 0 Å². The Kier molecular flexibility index (Phi) is 12.7. The standard InChI is InChI=1S/C27H36N2O5S2.Li.H/c1-19-8-6-7-11-22(19)24-16-21(18-36(33,34)28-17-20-9-4-3-5-10-20)12-13-23(24)26(30)29-25(27(31)32)14-15-35-2;;/h6-8,11-13,16,20,25,28H,3-5,9-10,14-15,17-18H2,1-2H3,(H,29,30)(H,31,32);;/q;+1;-1/t25-;;/m0../s1. The van der Waals surface area contributed by atoms with Crippen LogP contribution in [0.2, 0.25) is 0 Å². The van der Waals surface area contributed by atoms with Crippen LogP contribution in [0.15, 0.2) is 42.5 Å². The maximum Gasteiger partial charge on any atom is 1.00 e. The van der Waals surface area contributed by atoms with E-state index in [1.807, 2.05) is 37.4 Å². The molecule has 2 aromatic carbocycles. The predicted molar refractivity (Wildman–Crippen MR) is 147 cm³/mol. The molecular formula is C27H37LiN2O5S2. The topological polar surface area (TPSA) is 113 Å². The maximum absolute atomic E-state index is 13.2. The van der Waals surface area contributed by atoms with E-state index in [1.165, 1.54) is 18.2 Å². The molecule has 0 radical (unpaired) electrons. The van der Waals surface area contributed by atoms with Crippen LogP contribution in [0.25, 0.3) is 11.1 Å². The molecule has 0 saturated heterocycles. The molecule has 3 N–H and O–H groups in total. The summed E-state index contributed by atoms with van der Waals surface area (Å²) < 4.78 is 28.4. The Morgan fingerprint density at radius 2 is 1.81 bits per heavy atom. The number of carbonyl (C=O) groups excluding carboxylic acids is 1. The Morgan fingerprint density at radius 1 is 1.11 bits per heavy atom. The van der Waals surface area contributed by atoms with E-state index in [1.54, 1.807) is 18.2 Å². The number of rotatable bonds is 12. The monoisotopic (exact) mass is 540 g/mol. The third-order valence-electron chi connectivity index (χ3n) is 6.65. The molecule has 10 heteroatoms. The first kappa shape index (κ1) is 31.5. The van der Waals surface area contributed by atoms with Crippen LogP contribution in [0.5, 0.6) is 0 Å². The first-order valence-corrected chi connectivity index (χ1v) is 15.4. The normalized spacial score (nSPS) is 15.0. The molecule has 7 nitrogen and oxygen atoms in total. The van der Waals surface area contributed by atoms with Gasteiger partial charge >= 0.3 is 24.8 Å². The number of amides is 1. The fourth-order valence-corrected chi connectivity index (χ4v) is 6.29. The summed E-state index contributed by atoms with van der Waals surface area (Å²) in [4.78, 5) is 24.9. The third-order valence-corrected chi connectivity index (χ3v) is 8.62. The number of carboxylic acids is 1. The Bertz CT molecular complexity index is 1170. The van der Waals surface area contributed by atoms with E-state index in [9.17, 15) is 23.1 Å². The number of aliphatic carboxylic acids is 1. The van der Waals surface area contributed by atoms with Crippen LogP contribution in [0.4, 0.5) is 0 Å². The molecule has 0 unspecified atom stereocenters. The zero-order valence-corrected chi connectivity index (χ0v) is 23.6. The summed E-state index contributed by atoms with van der Waals surface area (Å²) >= 11 is 1.51. The van der Waals surface area contributed by atoms with Crippen LogP contribution in [-0.2, 0) is 20.6 Å². The Morgan fingerprint density at radius 3 is 2.46 bits per heavy atom. The molecule has 0 heterocycles. The van der Waals surface area contributed by atoms with E-state index >= 15 is 0 Å². The summed E-state index contributed by atoms with van der Waals surface area (Å²) in [6, 6.07) is 11.5. The number of aryl methyl sites for hydroxylation is 1. The maximum atomic E-state index is 13.2. The number of thioether (sulfide) groups is 1. The summed E-state index contributed by atoms with van der Waals surface area (Å²) in [5.41, 5.74) is 3.20. The fourth-order valence-electron chi connectivity index (χ4n) is 4.61. The molecule has 0 bridgehead atoms. The van der Waals surface area contributed by atoms with Crippen molar-refractivity contribution < 1.29 is 43.4 Å². The number of carboxylic acid groups (broad SMARTS) is 1. The second-order valence-electron chi connectivity index (χ2n) is 9.45. The molecule has 0 aromatic heterocycles.